The maximum Gasteiger partial charge on any atom is 0.255 e. The van der Waals surface area contributed by atoms with Gasteiger partial charge in [0.2, 0.25) is 5.95 Å². The number of nitrogens with one attached hydrogen (secondary N) is 1. The van der Waals surface area contributed by atoms with Crippen molar-refractivity contribution in [2.45, 2.75) is 32.8 Å². The third-order valence-corrected chi connectivity index (χ3v) is 6.10. The maximum absolute atomic E-state index is 12.6. The Bertz CT molecular complexity index is 1200. The normalized spacial score (nSPS) is 16.7. The van der Waals surface area contributed by atoms with E-state index in [1.54, 1.807) is 23.9 Å². The SMILES string of the molecule is CC(=N)CCC(C)COc1ccc([C@H]2CN(c3nc(-c4ccncn4)cc(=O)n3C)CCO2)cc1. The lowest BCUT2D eigenvalue weighted by Gasteiger charge is -2.34. The molecular formula is C26H32N6O3. The van der Waals surface area contributed by atoms with E-state index in [-0.39, 0.29) is 11.7 Å². The van der Waals surface area contributed by atoms with Crippen molar-refractivity contribution in [1.82, 2.24) is 19.5 Å². The van der Waals surface area contributed by atoms with E-state index in [0.29, 0.717) is 55.3 Å². The van der Waals surface area contributed by atoms with Crippen LogP contribution in [-0.4, -0.2) is 51.5 Å². The summed E-state index contributed by atoms with van der Waals surface area (Å²) in [6.07, 6.45) is 4.70. The number of rotatable bonds is 9. The van der Waals surface area contributed by atoms with Crippen molar-refractivity contribution < 1.29 is 9.47 Å². The molecule has 0 spiro atoms. The fourth-order valence-electron chi connectivity index (χ4n) is 3.98. The summed E-state index contributed by atoms with van der Waals surface area (Å²) in [6.45, 7) is 6.35. The molecular weight excluding hydrogens is 444 g/mol. The van der Waals surface area contributed by atoms with Crippen LogP contribution in [0.3, 0.4) is 0 Å². The first-order valence-corrected chi connectivity index (χ1v) is 11.9. The van der Waals surface area contributed by atoms with Gasteiger partial charge in [-0.3, -0.25) is 9.36 Å². The molecule has 4 rings (SSSR count). The summed E-state index contributed by atoms with van der Waals surface area (Å²) in [4.78, 5) is 27.6. The van der Waals surface area contributed by atoms with Crippen molar-refractivity contribution in [3.05, 3.63) is 64.8 Å². The topological polar surface area (TPSA) is 106 Å². The lowest BCUT2D eigenvalue weighted by molar-refractivity contribution is 0.0389. The Balaban J connectivity index is 1.44. The maximum atomic E-state index is 12.6. The third-order valence-electron chi connectivity index (χ3n) is 6.10. The Morgan fingerprint density at radius 1 is 1.26 bits per heavy atom. The minimum Gasteiger partial charge on any atom is -0.493 e. The molecule has 1 aliphatic heterocycles. The quantitative estimate of drug-likeness (QED) is 0.470. The van der Waals surface area contributed by atoms with Crippen molar-refractivity contribution in [2.75, 3.05) is 31.2 Å². The highest BCUT2D eigenvalue weighted by molar-refractivity contribution is 5.78. The predicted octanol–water partition coefficient (Wildman–Crippen LogP) is 3.65. The molecule has 1 unspecified atom stereocenters. The summed E-state index contributed by atoms with van der Waals surface area (Å²) in [5.74, 6) is 1.80. The first-order chi connectivity index (χ1) is 16.9. The number of morpholine rings is 1. The molecule has 0 radical (unpaired) electrons. The van der Waals surface area contributed by atoms with Gasteiger partial charge in [-0.1, -0.05) is 19.1 Å². The van der Waals surface area contributed by atoms with Gasteiger partial charge in [-0.25, -0.2) is 15.0 Å². The molecule has 0 saturated carbocycles. The van der Waals surface area contributed by atoms with Gasteiger partial charge in [0.15, 0.2) is 0 Å². The molecule has 2 aromatic heterocycles. The molecule has 0 aliphatic carbocycles. The highest BCUT2D eigenvalue weighted by Crippen LogP contribution is 2.27. The van der Waals surface area contributed by atoms with Gasteiger partial charge < -0.3 is 19.8 Å². The lowest BCUT2D eigenvalue weighted by atomic mass is 10.0. The van der Waals surface area contributed by atoms with Gasteiger partial charge in [0, 0.05) is 31.6 Å². The molecule has 1 N–H and O–H groups in total. The van der Waals surface area contributed by atoms with Gasteiger partial charge in [0.05, 0.1) is 31.1 Å². The molecule has 9 nitrogen and oxygen atoms in total. The smallest absolute Gasteiger partial charge is 0.255 e. The molecule has 3 aromatic rings. The first kappa shape index (κ1) is 24.5. The van der Waals surface area contributed by atoms with Crippen LogP contribution in [0.15, 0.2) is 53.7 Å². The molecule has 1 aromatic carbocycles. The van der Waals surface area contributed by atoms with E-state index in [9.17, 15) is 4.79 Å². The van der Waals surface area contributed by atoms with Gasteiger partial charge in [0.25, 0.3) is 5.56 Å². The number of aromatic nitrogens is 4. The van der Waals surface area contributed by atoms with E-state index in [1.807, 2.05) is 31.2 Å². The van der Waals surface area contributed by atoms with Gasteiger partial charge in [0.1, 0.15) is 18.2 Å². The fourth-order valence-corrected chi connectivity index (χ4v) is 3.98. The summed E-state index contributed by atoms with van der Waals surface area (Å²) < 4.78 is 13.6. The zero-order valence-electron chi connectivity index (χ0n) is 20.5. The molecule has 3 heterocycles. The van der Waals surface area contributed by atoms with Gasteiger partial charge in [-0.2, -0.15) is 0 Å². The van der Waals surface area contributed by atoms with Crippen LogP contribution in [-0.2, 0) is 11.8 Å². The van der Waals surface area contributed by atoms with Crippen molar-refractivity contribution in [3.63, 3.8) is 0 Å². The van der Waals surface area contributed by atoms with Crippen LogP contribution in [0.1, 0.15) is 38.4 Å². The monoisotopic (exact) mass is 476 g/mol. The standard InChI is InChI=1S/C26H32N6O3/c1-18(4-5-19(2)27)16-35-21-8-6-20(7-9-21)24-15-32(12-13-34-24)26-30-23(14-25(33)31(26)3)22-10-11-28-17-29-22/h6-11,14,17-18,24,27H,4-5,12-13,15-16H2,1-3H3/t18?,24-/m1/s1. The molecule has 0 bridgehead atoms. The van der Waals surface area contributed by atoms with Crippen LogP contribution in [0.2, 0.25) is 0 Å². The Kier molecular flexibility index (Phi) is 7.87. The summed E-state index contributed by atoms with van der Waals surface area (Å²) in [5.41, 5.74) is 2.75. The third kappa shape index (κ3) is 6.30. The number of nitrogens with zero attached hydrogens (tertiary/aromatic N) is 5. The van der Waals surface area contributed by atoms with E-state index in [2.05, 4.69) is 21.8 Å². The van der Waals surface area contributed by atoms with E-state index in [0.717, 1.165) is 24.2 Å². The van der Waals surface area contributed by atoms with Gasteiger partial charge in [-0.15, -0.1) is 0 Å². The van der Waals surface area contributed by atoms with Crippen molar-refractivity contribution in [3.8, 4) is 17.1 Å². The molecule has 1 aliphatic rings. The van der Waals surface area contributed by atoms with Crippen LogP contribution in [0.4, 0.5) is 5.95 Å². The Hall–Kier alpha value is -3.59. The summed E-state index contributed by atoms with van der Waals surface area (Å²) >= 11 is 0. The van der Waals surface area contributed by atoms with E-state index in [1.165, 1.54) is 12.4 Å². The van der Waals surface area contributed by atoms with E-state index in [4.69, 9.17) is 19.9 Å². The molecule has 2 atom stereocenters. The van der Waals surface area contributed by atoms with Crippen molar-refractivity contribution in [1.29, 1.82) is 5.41 Å². The van der Waals surface area contributed by atoms with E-state index >= 15 is 0 Å². The van der Waals surface area contributed by atoms with Crippen molar-refractivity contribution in [2.24, 2.45) is 13.0 Å². The average Bonchev–Trinajstić information content (AvgIpc) is 2.88. The zero-order chi connectivity index (χ0) is 24.8. The largest absolute Gasteiger partial charge is 0.493 e. The molecule has 35 heavy (non-hydrogen) atoms. The average molecular weight is 477 g/mol. The Labute approximate surface area is 205 Å². The molecule has 1 fully saturated rings. The Morgan fingerprint density at radius 2 is 2.06 bits per heavy atom. The number of hydrogen-bond acceptors (Lipinski definition) is 8. The molecule has 9 heteroatoms. The fraction of sp³-hybridized carbons (Fsp3) is 0.423. The van der Waals surface area contributed by atoms with Crippen LogP contribution >= 0.6 is 0 Å². The second kappa shape index (κ2) is 11.2. The first-order valence-electron chi connectivity index (χ1n) is 11.9. The minimum atomic E-state index is -0.146. The second-order valence-corrected chi connectivity index (χ2v) is 9.04. The van der Waals surface area contributed by atoms with Gasteiger partial charge in [-0.05, 0) is 49.4 Å². The van der Waals surface area contributed by atoms with Crippen LogP contribution in [0.25, 0.3) is 11.4 Å². The number of hydrogen-bond donors (Lipinski definition) is 1. The summed E-state index contributed by atoms with van der Waals surface area (Å²) in [6, 6.07) is 11.2. The summed E-state index contributed by atoms with van der Waals surface area (Å²) in [7, 11) is 1.73. The molecule has 0 amide bonds. The Morgan fingerprint density at radius 3 is 2.77 bits per heavy atom. The molecule has 1 saturated heterocycles. The summed E-state index contributed by atoms with van der Waals surface area (Å²) in [5, 5.41) is 7.56. The van der Waals surface area contributed by atoms with Crippen LogP contribution < -0.4 is 15.2 Å². The van der Waals surface area contributed by atoms with Crippen molar-refractivity contribution >= 4 is 11.7 Å². The number of ether oxygens (including phenoxy) is 2. The minimum absolute atomic E-state index is 0.141. The number of anilines is 1. The van der Waals surface area contributed by atoms with Crippen LogP contribution in [0, 0.1) is 11.3 Å². The lowest BCUT2D eigenvalue weighted by Crippen LogP contribution is -2.41. The second-order valence-electron chi connectivity index (χ2n) is 9.04. The van der Waals surface area contributed by atoms with E-state index < -0.39 is 0 Å². The highest BCUT2D eigenvalue weighted by atomic mass is 16.5. The van der Waals surface area contributed by atoms with Gasteiger partial charge >= 0.3 is 0 Å². The predicted molar refractivity (Wildman–Crippen MR) is 135 cm³/mol. The van der Waals surface area contributed by atoms with Crippen LogP contribution in [0.5, 0.6) is 5.75 Å². The highest BCUT2D eigenvalue weighted by Gasteiger charge is 2.25. The molecule has 184 valence electrons. The number of benzene rings is 1. The zero-order valence-corrected chi connectivity index (χ0v) is 20.5.